The lowest BCUT2D eigenvalue weighted by atomic mass is 10.1. The monoisotopic (exact) mass is 261 g/mol. The van der Waals surface area contributed by atoms with E-state index in [2.05, 4.69) is 17.2 Å². The van der Waals surface area contributed by atoms with Crippen LogP contribution in [0.4, 0.5) is 4.39 Å². The van der Waals surface area contributed by atoms with Gasteiger partial charge in [-0.2, -0.15) is 0 Å². The maximum Gasteiger partial charge on any atom is 0.127 e. The molecule has 4 heteroatoms. The van der Waals surface area contributed by atoms with Crippen molar-refractivity contribution in [3.8, 4) is 0 Å². The molecule has 0 spiro atoms. The number of benzene rings is 1. The summed E-state index contributed by atoms with van der Waals surface area (Å²) in [6.07, 6.45) is 5.21. The van der Waals surface area contributed by atoms with E-state index in [0.29, 0.717) is 18.5 Å². The molecule has 1 aromatic heterocycles. The standard InChI is InChI=1S/C15H20FN3/c1-3-6-17-11-12-4-5-13(14(16)9-12)10-15-18-7-8-19(15)2/h4-5,7-9,17H,3,6,10-11H2,1-2H3. The molecule has 0 aliphatic carbocycles. The molecule has 3 nitrogen and oxygen atoms in total. The minimum Gasteiger partial charge on any atom is -0.338 e. The van der Waals surface area contributed by atoms with Crippen molar-refractivity contribution in [2.45, 2.75) is 26.3 Å². The van der Waals surface area contributed by atoms with Crippen molar-refractivity contribution in [3.63, 3.8) is 0 Å². The zero-order chi connectivity index (χ0) is 13.7. The van der Waals surface area contributed by atoms with Crippen LogP contribution in [0.1, 0.15) is 30.3 Å². The summed E-state index contributed by atoms with van der Waals surface area (Å²) in [5.41, 5.74) is 1.67. The second-order valence-electron chi connectivity index (χ2n) is 4.73. The van der Waals surface area contributed by atoms with E-state index in [-0.39, 0.29) is 5.82 Å². The van der Waals surface area contributed by atoms with Gasteiger partial charge in [0.2, 0.25) is 0 Å². The lowest BCUT2D eigenvalue weighted by molar-refractivity contribution is 0.603. The predicted octanol–water partition coefficient (Wildman–Crippen LogP) is 2.65. The Labute approximate surface area is 113 Å². The molecule has 1 heterocycles. The molecule has 102 valence electrons. The molecule has 0 saturated carbocycles. The van der Waals surface area contributed by atoms with E-state index in [1.807, 2.05) is 29.9 Å². The quantitative estimate of drug-likeness (QED) is 0.810. The summed E-state index contributed by atoms with van der Waals surface area (Å²) >= 11 is 0. The third kappa shape index (κ3) is 3.64. The van der Waals surface area contributed by atoms with Crippen molar-refractivity contribution in [3.05, 3.63) is 53.4 Å². The van der Waals surface area contributed by atoms with Crippen molar-refractivity contribution in [2.24, 2.45) is 7.05 Å². The first-order valence-electron chi connectivity index (χ1n) is 6.65. The highest BCUT2D eigenvalue weighted by Crippen LogP contribution is 2.14. The number of hydrogen-bond donors (Lipinski definition) is 1. The highest BCUT2D eigenvalue weighted by molar-refractivity contribution is 5.26. The summed E-state index contributed by atoms with van der Waals surface area (Å²) in [5.74, 6) is 0.717. The van der Waals surface area contributed by atoms with E-state index in [4.69, 9.17) is 0 Å². The second kappa shape index (κ2) is 6.48. The van der Waals surface area contributed by atoms with Gasteiger partial charge in [-0.25, -0.2) is 9.37 Å². The fraction of sp³-hybridized carbons (Fsp3) is 0.400. The number of nitrogens with one attached hydrogen (secondary N) is 1. The Kier molecular flexibility index (Phi) is 4.68. The van der Waals surface area contributed by atoms with Crippen LogP contribution in [-0.4, -0.2) is 16.1 Å². The van der Waals surface area contributed by atoms with E-state index in [0.717, 1.165) is 24.4 Å². The number of nitrogens with zero attached hydrogens (tertiary/aromatic N) is 2. The van der Waals surface area contributed by atoms with E-state index < -0.39 is 0 Å². The van der Waals surface area contributed by atoms with Gasteiger partial charge in [0.1, 0.15) is 11.6 Å². The molecule has 2 rings (SSSR count). The van der Waals surface area contributed by atoms with Gasteiger partial charge in [0.25, 0.3) is 0 Å². The van der Waals surface area contributed by atoms with Gasteiger partial charge < -0.3 is 9.88 Å². The van der Waals surface area contributed by atoms with Gasteiger partial charge in [0.05, 0.1) is 0 Å². The van der Waals surface area contributed by atoms with Crippen molar-refractivity contribution in [1.29, 1.82) is 0 Å². The fourth-order valence-corrected chi connectivity index (χ4v) is 1.99. The van der Waals surface area contributed by atoms with Crippen LogP contribution in [0, 0.1) is 5.82 Å². The Balaban J connectivity index is 2.05. The Morgan fingerprint density at radius 3 is 2.84 bits per heavy atom. The Morgan fingerprint density at radius 1 is 1.37 bits per heavy atom. The number of aromatic nitrogens is 2. The van der Waals surface area contributed by atoms with Crippen LogP contribution >= 0.6 is 0 Å². The molecule has 0 aliphatic heterocycles. The molecule has 19 heavy (non-hydrogen) atoms. The molecular weight excluding hydrogens is 241 g/mol. The molecule has 0 radical (unpaired) electrons. The van der Waals surface area contributed by atoms with Gasteiger partial charge in [-0.3, -0.25) is 0 Å². The van der Waals surface area contributed by atoms with Gasteiger partial charge in [0.15, 0.2) is 0 Å². The topological polar surface area (TPSA) is 29.9 Å². The van der Waals surface area contributed by atoms with Gasteiger partial charge in [-0.1, -0.05) is 19.1 Å². The van der Waals surface area contributed by atoms with Crippen LogP contribution in [-0.2, 0) is 20.0 Å². The van der Waals surface area contributed by atoms with Crippen molar-refractivity contribution >= 4 is 0 Å². The molecular formula is C15H20FN3. The summed E-state index contributed by atoms with van der Waals surface area (Å²) in [4.78, 5) is 4.22. The lowest BCUT2D eigenvalue weighted by Crippen LogP contribution is -2.14. The van der Waals surface area contributed by atoms with Crippen molar-refractivity contribution < 1.29 is 4.39 Å². The number of imidazole rings is 1. The minimum atomic E-state index is -0.154. The average molecular weight is 261 g/mol. The van der Waals surface area contributed by atoms with E-state index in [1.165, 1.54) is 0 Å². The Morgan fingerprint density at radius 2 is 2.21 bits per heavy atom. The molecule has 0 aliphatic rings. The van der Waals surface area contributed by atoms with Crippen LogP contribution in [0.3, 0.4) is 0 Å². The molecule has 0 bridgehead atoms. The van der Waals surface area contributed by atoms with E-state index in [1.54, 1.807) is 12.3 Å². The molecule has 1 aromatic carbocycles. The summed E-state index contributed by atoms with van der Waals surface area (Å²) in [7, 11) is 1.92. The first-order valence-corrected chi connectivity index (χ1v) is 6.65. The number of aryl methyl sites for hydroxylation is 1. The Hall–Kier alpha value is -1.68. The van der Waals surface area contributed by atoms with Crippen LogP contribution in [0.5, 0.6) is 0 Å². The highest BCUT2D eigenvalue weighted by Gasteiger charge is 2.07. The van der Waals surface area contributed by atoms with Crippen LogP contribution in [0.15, 0.2) is 30.6 Å². The van der Waals surface area contributed by atoms with Crippen LogP contribution in [0.25, 0.3) is 0 Å². The molecule has 2 aromatic rings. The third-order valence-electron chi connectivity index (χ3n) is 3.14. The largest absolute Gasteiger partial charge is 0.338 e. The van der Waals surface area contributed by atoms with Crippen molar-refractivity contribution in [1.82, 2.24) is 14.9 Å². The summed E-state index contributed by atoms with van der Waals surface area (Å²) < 4.78 is 15.9. The van der Waals surface area contributed by atoms with Crippen LogP contribution < -0.4 is 5.32 Å². The minimum absolute atomic E-state index is 0.154. The molecule has 0 amide bonds. The number of rotatable bonds is 6. The molecule has 0 unspecified atom stereocenters. The van der Waals surface area contributed by atoms with Crippen molar-refractivity contribution in [2.75, 3.05) is 6.54 Å². The zero-order valence-electron chi connectivity index (χ0n) is 11.5. The molecule has 0 fully saturated rings. The fourth-order valence-electron chi connectivity index (χ4n) is 1.99. The normalized spacial score (nSPS) is 10.9. The van der Waals surface area contributed by atoms with Crippen LogP contribution in [0.2, 0.25) is 0 Å². The number of halogens is 1. The van der Waals surface area contributed by atoms with E-state index >= 15 is 0 Å². The lowest BCUT2D eigenvalue weighted by Gasteiger charge is -2.07. The van der Waals surface area contributed by atoms with Gasteiger partial charge in [-0.05, 0) is 30.2 Å². The SMILES string of the molecule is CCCNCc1ccc(Cc2nccn2C)c(F)c1. The van der Waals surface area contributed by atoms with Gasteiger partial charge in [-0.15, -0.1) is 0 Å². The predicted molar refractivity (Wildman–Crippen MR) is 74.4 cm³/mol. The number of hydrogen-bond acceptors (Lipinski definition) is 2. The molecule has 0 saturated heterocycles. The molecule has 1 N–H and O–H groups in total. The maximum atomic E-state index is 14.0. The zero-order valence-corrected chi connectivity index (χ0v) is 11.5. The summed E-state index contributed by atoms with van der Waals surface area (Å²) in [5, 5.41) is 3.27. The average Bonchev–Trinajstić information content (AvgIpc) is 2.79. The molecule has 0 atom stereocenters. The smallest absolute Gasteiger partial charge is 0.127 e. The summed E-state index contributed by atoms with van der Waals surface area (Å²) in [6, 6.07) is 5.44. The van der Waals surface area contributed by atoms with Gasteiger partial charge >= 0.3 is 0 Å². The highest BCUT2D eigenvalue weighted by atomic mass is 19.1. The second-order valence-corrected chi connectivity index (χ2v) is 4.73. The van der Waals surface area contributed by atoms with Gasteiger partial charge in [0, 0.05) is 32.4 Å². The maximum absolute atomic E-state index is 14.0. The first-order chi connectivity index (χ1) is 9.20. The third-order valence-corrected chi connectivity index (χ3v) is 3.14. The Bertz CT molecular complexity index is 534. The first kappa shape index (κ1) is 13.7. The summed E-state index contributed by atoms with van der Waals surface area (Å²) in [6.45, 7) is 3.79. The van der Waals surface area contributed by atoms with E-state index in [9.17, 15) is 4.39 Å².